The van der Waals surface area contributed by atoms with E-state index in [4.69, 9.17) is 4.74 Å². The van der Waals surface area contributed by atoms with Crippen molar-refractivity contribution in [2.45, 2.75) is 69.7 Å². The molecule has 2 saturated carbocycles. The number of amides is 1. The van der Waals surface area contributed by atoms with Crippen molar-refractivity contribution in [1.29, 1.82) is 0 Å². The highest BCUT2D eigenvalue weighted by Gasteiger charge is 2.28. The predicted octanol–water partition coefficient (Wildman–Crippen LogP) is 1.20. The fourth-order valence-electron chi connectivity index (χ4n) is 2.38. The molecule has 2 aliphatic carbocycles. The van der Waals surface area contributed by atoms with E-state index in [9.17, 15) is 4.79 Å². The molecule has 0 bridgehead atoms. The Labute approximate surface area is 103 Å². The Morgan fingerprint density at radius 1 is 1.12 bits per heavy atom. The Morgan fingerprint density at radius 2 is 1.71 bits per heavy atom. The van der Waals surface area contributed by atoms with Crippen LogP contribution in [0, 0.1) is 0 Å². The van der Waals surface area contributed by atoms with E-state index in [1.54, 1.807) is 0 Å². The predicted molar refractivity (Wildman–Crippen MR) is 66.8 cm³/mol. The summed E-state index contributed by atoms with van der Waals surface area (Å²) in [5.41, 5.74) is 0. The summed E-state index contributed by atoms with van der Waals surface area (Å²) < 4.78 is 5.83. The van der Waals surface area contributed by atoms with Crippen LogP contribution in [-0.4, -0.2) is 37.2 Å². The van der Waals surface area contributed by atoms with Gasteiger partial charge in [-0.3, -0.25) is 4.79 Å². The number of hydrogen-bond acceptors (Lipinski definition) is 3. The first-order chi connectivity index (χ1) is 8.19. The molecule has 0 radical (unpaired) electrons. The number of carbonyl (C=O) groups excluding carboxylic acids is 1. The SMILES string of the molecule is CNC1CCC(OC(C)C(=O)NC2CC2)CC1. The van der Waals surface area contributed by atoms with Gasteiger partial charge in [-0.05, 0) is 52.5 Å². The Balaban J connectivity index is 1.67. The minimum absolute atomic E-state index is 0.0586. The minimum Gasteiger partial charge on any atom is -0.365 e. The second kappa shape index (κ2) is 5.83. The zero-order chi connectivity index (χ0) is 12.3. The van der Waals surface area contributed by atoms with Gasteiger partial charge in [-0.1, -0.05) is 0 Å². The molecule has 0 spiro atoms. The molecule has 1 amide bonds. The van der Waals surface area contributed by atoms with E-state index in [1.807, 2.05) is 14.0 Å². The first-order valence-electron chi connectivity index (χ1n) is 6.82. The molecule has 17 heavy (non-hydrogen) atoms. The monoisotopic (exact) mass is 240 g/mol. The molecule has 1 atom stereocenters. The van der Waals surface area contributed by atoms with Crippen LogP contribution in [-0.2, 0) is 9.53 Å². The summed E-state index contributed by atoms with van der Waals surface area (Å²) in [5, 5.41) is 6.29. The largest absolute Gasteiger partial charge is 0.365 e. The lowest BCUT2D eigenvalue weighted by Crippen LogP contribution is -2.40. The molecule has 2 aliphatic rings. The van der Waals surface area contributed by atoms with Crippen LogP contribution in [0.4, 0.5) is 0 Å². The van der Waals surface area contributed by atoms with Gasteiger partial charge in [0.1, 0.15) is 6.10 Å². The Kier molecular flexibility index (Phi) is 4.40. The number of carbonyl (C=O) groups is 1. The quantitative estimate of drug-likeness (QED) is 0.759. The van der Waals surface area contributed by atoms with Crippen LogP contribution in [0.2, 0.25) is 0 Å². The van der Waals surface area contributed by atoms with E-state index < -0.39 is 0 Å². The van der Waals surface area contributed by atoms with Gasteiger partial charge < -0.3 is 15.4 Å². The van der Waals surface area contributed by atoms with Crippen molar-refractivity contribution in [2.24, 2.45) is 0 Å². The van der Waals surface area contributed by atoms with Crippen LogP contribution < -0.4 is 10.6 Å². The first kappa shape index (κ1) is 12.8. The molecule has 0 aromatic carbocycles. The maximum absolute atomic E-state index is 11.7. The van der Waals surface area contributed by atoms with Crippen molar-refractivity contribution < 1.29 is 9.53 Å². The van der Waals surface area contributed by atoms with E-state index in [0.29, 0.717) is 12.1 Å². The van der Waals surface area contributed by atoms with Crippen molar-refractivity contribution in [1.82, 2.24) is 10.6 Å². The topological polar surface area (TPSA) is 50.4 Å². The number of nitrogens with one attached hydrogen (secondary N) is 2. The molecule has 2 N–H and O–H groups in total. The lowest BCUT2D eigenvalue weighted by Gasteiger charge is -2.30. The summed E-state index contributed by atoms with van der Waals surface area (Å²) in [6.07, 6.45) is 6.65. The molecular weight excluding hydrogens is 216 g/mol. The first-order valence-corrected chi connectivity index (χ1v) is 6.82. The molecule has 2 rings (SSSR count). The summed E-state index contributed by atoms with van der Waals surface area (Å²) in [5.74, 6) is 0.0586. The molecule has 0 aromatic heterocycles. The molecular formula is C13H24N2O2. The lowest BCUT2D eigenvalue weighted by atomic mass is 9.93. The smallest absolute Gasteiger partial charge is 0.249 e. The molecule has 4 heteroatoms. The maximum atomic E-state index is 11.7. The van der Waals surface area contributed by atoms with E-state index in [2.05, 4.69) is 10.6 Å². The summed E-state index contributed by atoms with van der Waals surface area (Å²) in [6, 6.07) is 1.05. The Hall–Kier alpha value is -0.610. The zero-order valence-electron chi connectivity index (χ0n) is 10.9. The molecule has 0 aliphatic heterocycles. The van der Waals surface area contributed by atoms with E-state index in [1.165, 1.54) is 0 Å². The lowest BCUT2D eigenvalue weighted by molar-refractivity contribution is -0.136. The van der Waals surface area contributed by atoms with Gasteiger partial charge in [0.25, 0.3) is 0 Å². The van der Waals surface area contributed by atoms with Gasteiger partial charge >= 0.3 is 0 Å². The summed E-state index contributed by atoms with van der Waals surface area (Å²) in [6.45, 7) is 1.86. The fourth-order valence-corrected chi connectivity index (χ4v) is 2.38. The van der Waals surface area contributed by atoms with Crippen LogP contribution in [0.25, 0.3) is 0 Å². The molecule has 2 fully saturated rings. The van der Waals surface area contributed by atoms with Gasteiger partial charge in [-0.15, -0.1) is 0 Å². The highest BCUT2D eigenvalue weighted by Crippen LogP contribution is 2.23. The standard InChI is InChI=1S/C13H24N2O2/c1-9(13(16)15-11-3-4-11)17-12-7-5-10(14-2)6-8-12/h9-12,14H,3-8H2,1-2H3,(H,15,16). The minimum atomic E-state index is -0.299. The third-order valence-electron chi connectivity index (χ3n) is 3.77. The van der Waals surface area contributed by atoms with Crippen LogP contribution in [0.15, 0.2) is 0 Å². The normalized spacial score (nSPS) is 30.9. The molecule has 98 valence electrons. The van der Waals surface area contributed by atoms with E-state index in [0.717, 1.165) is 38.5 Å². The average Bonchev–Trinajstić information content (AvgIpc) is 3.14. The van der Waals surface area contributed by atoms with Crippen molar-refractivity contribution in [3.63, 3.8) is 0 Å². The van der Waals surface area contributed by atoms with Gasteiger partial charge in [0.15, 0.2) is 0 Å². The Morgan fingerprint density at radius 3 is 2.24 bits per heavy atom. The van der Waals surface area contributed by atoms with Crippen molar-refractivity contribution in [2.75, 3.05) is 7.05 Å². The zero-order valence-corrected chi connectivity index (χ0v) is 10.9. The van der Waals surface area contributed by atoms with Gasteiger partial charge in [-0.25, -0.2) is 0 Å². The van der Waals surface area contributed by atoms with Crippen molar-refractivity contribution >= 4 is 5.91 Å². The van der Waals surface area contributed by atoms with Gasteiger partial charge in [-0.2, -0.15) is 0 Å². The summed E-state index contributed by atoms with van der Waals surface area (Å²) in [4.78, 5) is 11.7. The van der Waals surface area contributed by atoms with Crippen molar-refractivity contribution in [3.8, 4) is 0 Å². The number of ether oxygens (including phenoxy) is 1. The third-order valence-corrected chi connectivity index (χ3v) is 3.77. The summed E-state index contributed by atoms with van der Waals surface area (Å²) >= 11 is 0. The fraction of sp³-hybridized carbons (Fsp3) is 0.923. The summed E-state index contributed by atoms with van der Waals surface area (Å²) in [7, 11) is 2.01. The Bertz CT molecular complexity index is 258. The van der Waals surface area contributed by atoms with Crippen LogP contribution in [0.5, 0.6) is 0 Å². The maximum Gasteiger partial charge on any atom is 0.249 e. The van der Waals surface area contributed by atoms with Gasteiger partial charge in [0, 0.05) is 12.1 Å². The molecule has 0 aromatic rings. The van der Waals surface area contributed by atoms with Gasteiger partial charge in [0.05, 0.1) is 6.10 Å². The molecule has 1 unspecified atom stereocenters. The highest BCUT2D eigenvalue weighted by atomic mass is 16.5. The van der Waals surface area contributed by atoms with Crippen LogP contribution in [0.3, 0.4) is 0 Å². The van der Waals surface area contributed by atoms with Crippen LogP contribution in [0.1, 0.15) is 45.4 Å². The molecule has 0 heterocycles. The molecule has 0 saturated heterocycles. The van der Waals surface area contributed by atoms with Crippen LogP contribution >= 0.6 is 0 Å². The molecule has 4 nitrogen and oxygen atoms in total. The number of rotatable bonds is 5. The van der Waals surface area contributed by atoms with Gasteiger partial charge in [0.2, 0.25) is 5.91 Å². The van der Waals surface area contributed by atoms with E-state index in [-0.39, 0.29) is 18.1 Å². The van der Waals surface area contributed by atoms with Crippen molar-refractivity contribution in [3.05, 3.63) is 0 Å². The second-order valence-corrected chi connectivity index (χ2v) is 5.32. The highest BCUT2D eigenvalue weighted by molar-refractivity contribution is 5.80. The average molecular weight is 240 g/mol. The number of hydrogen-bond donors (Lipinski definition) is 2. The van der Waals surface area contributed by atoms with E-state index >= 15 is 0 Å². The second-order valence-electron chi connectivity index (χ2n) is 5.32. The third kappa shape index (κ3) is 3.96.